The number of rotatable bonds is 6. The molecule has 2 aromatic heterocycles. The molecular weight excluding hydrogens is 424 g/mol. The molecule has 0 fully saturated rings. The summed E-state index contributed by atoms with van der Waals surface area (Å²) in [6.07, 6.45) is 7.40. The van der Waals surface area contributed by atoms with Crippen molar-refractivity contribution in [2.24, 2.45) is 0 Å². The van der Waals surface area contributed by atoms with E-state index in [0.29, 0.717) is 0 Å². The maximum absolute atomic E-state index is 2.43. The first-order valence-corrected chi connectivity index (χ1v) is 13.6. The first kappa shape index (κ1) is 20.2. The Kier molecular flexibility index (Phi) is 5.16. The molecule has 0 aliphatic rings. The van der Waals surface area contributed by atoms with Crippen LogP contribution in [0.1, 0.15) is 50.7 Å². The number of aryl methyl sites for hydroxylation is 2. The molecule has 0 saturated carbocycles. The second-order valence-corrected chi connectivity index (χ2v) is 11.2. The van der Waals surface area contributed by atoms with E-state index in [-0.39, 0.29) is 0 Å². The van der Waals surface area contributed by atoms with E-state index in [1.54, 1.807) is 0 Å². The predicted molar refractivity (Wildman–Crippen MR) is 147 cm³/mol. The summed E-state index contributed by atoms with van der Waals surface area (Å²) in [6, 6.07) is 23.7. The molecule has 0 unspecified atom stereocenters. The highest BCUT2D eigenvalue weighted by molar-refractivity contribution is 7.28. The molecule has 6 aromatic rings. The van der Waals surface area contributed by atoms with Crippen molar-refractivity contribution in [2.45, 2.75) is 52.4 Å². The Balaban J connectivity index is 1.55. The molecule has 2 heterocycles. The summed E-state index contributed by atoms with van der Waals surface area (Å²) in [7, 11) is 0. The fourth-order valence-corrected chi connectivity index (χ4v) is 7.62. The second kappa shape index (κ2) is 8.17. The van der Waals surface area contributed by atoms with Gasteiger partial charge in [-0.1, -0.05) is 75.2 Å². The molecule has 0 aliphatic heterocycles. The lowest BCUT2D eigenvalue weighted by Crippen LogP contribution is -1.83. The van der Waals surface area contributed by atoms with E-state index in [0.717, 1.165) is 0 Å². The molecule has 0 radical (unpaired) electrons. The minimum absolute atomic E-state index is 1.18. The molecule has 0 saturated heterocycles. The van der Waals surface area contributed by atoms with Crippen LogP contribution in [0, 0.1) is 0 Å². The van der Waals surface area contributed by atoms with Crippen molar-refractivity contribution in [2.75, 3.05) is 0 Å². The molecule has 0 spiro atoms. The van der Waals surface area contributed by atoms with Crippen LogP contribution in [-0.4, -0.2) is 0 Å². The molecule has 0 aliphatic carbocycles. The molecule has 0 N–H and O–H groups in total. The number of hydrogen-bond donors (Lipinski definition) is 0. The summed E-state index contributed by atoms with van der Waals surface area (Å²) >= 11 is 3.94. The summed E-state index contributed by atoms with van der Waals surface area (Å²) in [5.74, 6) is 0. The van der Waals surface area contributed by atoms with Crippen molar-refractivity contribution in [1.82, 2.24) is 0 Å². The summed E-state index contributed by atoms with van der Waals surface area (Å²) < 4.78 is 5.73. The van der Waals surface area contributed by atoms with E-state index >= 15 is 0 Å². The third kappa shape index (κ3) is 3.24. The number of unbranched alkanes of at least 4 members (excludes halogenated alkanes) is 2. The molecule has 2 heteroatoms. The Bertz CT molecular complexity index is 1470. The maximum atomic E-state index is 2.43. The Hall–Kier alpha value is -2.42. The van der Waals surface area contributed by atoms with Crippen LogP contribution in [0.4, 0.5) is 0 Å². The molecule has 0 bridgehead atoms. The predicted octanol–water partition coefficient (Wildman–Crippen LogP) is 10.3. The van der Waals surface area contributed by atoms with Gasteiger partial charge in [-0.15, -0.1) is 22.7 Å². The van der Waals surface area contributed by atoms with Gasteiger partial charge in [0.15, 0.2) is 0 Å². The van der Waals surface area contributed by atoms with E-state index < -0.39 is 0 Å². The summed E-state index contributed by atoms with van der Waals surface area (Å²) in [5, 5.41) is 8.44. The third-order valence-electron chi connectivity index (χ3n) is 6.84. The first-order valence-electron chi connectivity index (χ1n) is 12.0. The van der Waals surface area contributed by atoms with Gasteiger partial charge in [0, 0.05) is 51.1 Å². The highest BCUT2D eigenvalue weighted by atomic mass is 32.1. The lowest BCUT2D eigenvalue weighted by atomic mass is 10.0. The van der Waals surface area contributed by atoms with Crippen LogP contribution in [0.5, 0.6) is 0 Å². The van der Waals surface area contributed by atoms with Crippen molar-refractivity contribution in [3.63, 3.8) is 0 Å². The minimum atomic E-state index is 1.18. The first-order chi connectivity index (χ1) is 15.8. The average molecular weight is 453 g/mol. The molecular formula is C30H28S2. The van der Waals surface area contributed by atoms with Crippen molar-refractivity contribution in [3.8, 4) is 0 Å². The Morgan fingerprint density at radius 3 is 1.28 bits per heavy atom. The van der Waals surface area contributed by atoms with Gasteiger partial charge in [-0.25, -0.2) is 0 Å². The number of fused-ring (bicyclic) bond motifs is 9. The summed E-state index contributed by atoms with van der Waals surface area (Å²) in [6.45, 7) is 4.54. The van der Waals surface area contributed by atoms with Gasteiger partial charge in [0.05, 0.1) is 0 Å². The van der Waals surface area contributed by atoms with Crippen LogP contribution in [-0.2, 0) is 12.8 Å². The van der Waals surface area contributed by atoms with Gasteiger partial charge in [-0.05, 0) is 48.9 Å². The zero-order valence-corrected chi connectivity index (χ0v) is 20.5. The van der Waals surface area contributed by atoms with Gasteiger partial charge in [0.1, 0.15) is 0 Å². The van der Waals surface area contributed by atoms with Crippen molar-refractivity contribution in [3.05, 3.63) is 71.8 Å². The summed E-state index contributed by atoms with van der Waals surface area (Å²) in [5.41, 5.74) is 2.95. The Morgan fingerprint density at radius 1 is 0.500 bits per heavy atom. The molecule has 4 aromatic carbocycles. The van der Waals surface area contributed by atoms with Crippen LogP contribution in [0.3, 0.4) is 0 Å². The monoisotopic (exact) mass is 452 g/mol. The van der Waals surface area contributed by atoms with Crippen LogP contribution < -0.4 is 0 Å². The molecule has 160 valence electrons. The smallest absolute Gasteiger partial charge is 0.0434 e. The third-order valence-corrected chi connectivity index (χ3v) is 9.24. The number of hydrogen-bond acceptors (Lipinski definition) is 2. The lowest BCUT2D eigenvalue weighted by molar-refractivity contribution is 0.796. The fraction of sp³-hybridized carbons (Fsp3) is 0.267. The standard InChI is InChI=1S/C30H28S2/c1-3-5-7-19-9-11-21-23-13-15-26-25(29(23)31-27(21)17-19)16-14-24-22-12-10-20(8-6-4-2)18-28(22)32-30(24)26/h9-18H,3-8H2,1-2H3. The largest absolute Gasteiger partial charge is 0.135 e. The van der Waals surface area contributed by atoms with Gasteiger partial charge in [0.2, 0.25) is 0 Å². The fourth-order valence-electron chi connectivity index (χ4n) is 5.03. The van der Waals surface area contributed by atoms with Gasteiger partial charge >= 0.3 is 0 Å². The SMILES string of the molecule is CCCCc1ccc2c(c1)sc1c2ccc2c1ccc1c3ccc(CCCC)cc3sc12. The highest BCUT2D eigenvalue weighted by Crippen LogP contribution is 2.44. The number of benzene rings is 4. The zero-order chi connectivity index (χ0) is 21.7. The average Bonchev–Trinajstić information content (AvgIpc) is 3.38. The number of thiophene rings is 2. The van der Waals surface area contributed by atoms with Crippen LogP contribution in [0.2, 0.25) is 0 Å². The quantitative estimate of drug-likeness (QED) is 0.236. The van der Waals surface area contributed by atoms with Crippen molar-refractivity contribution in [1.29, 1.82) is 0 Å². The maximum Gasteiger partial charge on any atom is 0.0434 e. The van der Waals surface area contributed by atoms with Gasteiger partial charge in [-0.2, -0.15) is 0 Å². The van der Waals surface area contributed by atoms with E-state index in [2.05, 4.69) is 74.5 Å². The molecule has 0 nitrogen and oxygen atoms in total. The van der Waals surface area contributed by atoms with E-state index in [9.17, 15) is 0 Å². The molecule has 32 heavy (non-hydrogen) atoms. The van der Waals surface area contributed by atoms with Crippen molar-refractivity contribution < 1.29 is 0 Å². The topological polar surface area (TPSA) is 0 Å². The minimum Gasteiger partial charge on any atom is -0.135 e. The molecule has 0 amide bonds. The second-order valence-electron chi connectivity index (χ2n) is 9.05. The highest BCUT2D eigenvalue weighted by Gasteiger charge is 2.14. The Labute approximate surface area is 197 Å². The summed E-state index contributed by atoms with van der Waals surface area (Å²) in [4.78, 5) is 0. The Morgan fingerprint density at radius 2 is 0.875 bits per heavy atom. The van der Waals surface area contributed by atoms with Crippen LogP contribution >= 0.6 is 22.7 Å². The lowest BCUT2D eigenvalue weighted by Gasteiger charge is -2.02. The van der Waals surface area contributed by atoms with Gasteiger partial charge in [-0.3, -0.25) is 0 Å². The van der Waals surface area contributed by atoms with E-state index in [1.807, 2.05) is 22.7 Å². The van der Waals surface area contributed by atoms with Crippen molar-refractivity contribution >= 4 is 73.8 Å². The molecule has 0 atom stereocenters. The van der Waals surface area contributed by atoms with Gasteiger partial charge < -0.3 is 0 Å². The van der Waals surface area contributed by atoms with E-state index in [1.165, 1.54) is 101 Å². The van der Waals surface area contributed by atoms with Gasteiger partial charge in [0.25, 0.3) is 0 Å². The molecule has 6 rings (SSSR count). The van der Waals surface area contributed by atoms with Crippen LogP contribution in [0.15, 0.2) is 60.7 Å². The zero-order valence-electron chi connectivity index (χ0n) is 18.8. The van der Waals surface area contributed by atoms with Crippen LogP contribution in [0.25, 0.3) is 51.1 Å². The van der Waals surface area contributed by atoms with E-state index in [4.69, 9.17) is 0 Å². The normalized spacial score (nSPS) is 12.2.